The molecule has 4 rings (SSSR count). The summed E-state index contributed by atoms with van der Waals surface area (Å²) in [6.45, 7) is 0. The summed E-state index contributed by atoms with van der Waals surface area (Å²) in [5.74, 6) is 0. The molecule has 0 aliphatic heterocycles. The van der Waals surface area contributed by atoms with Gasteiger partial charge in [0, 0.05) is 5.56 Å². The predicted octanol–water partition coefficient (Wildman–Crippen LogP) is 2.09. The van der Waals surface area contributed by atoms with Gasteiger partial charge in [0.2, 0.25) is 0 Å². The molecule has 0 bridgehead atoms. The van der Waals surface area contributed by atoms with Crippen LogP contribution >= 0.6 is 0 Å². The lowest BCUT2D eigenvalue weighted by atomic mass is 10.1. The Hall–Kier alpha value is -3.02. The van der Waals surface area contributed by atoms with E-state index in [0.717, 1.165) is 28.6 Å². The first-order valence-corrected chi connectivity index (χ1v) is 6.08. The third-order valence-corrected chi connectivity index (χ3v) is 3.23. The van der Waals surface area contributed by atoms with Gasteiger partial charge in [-0.2, -0.15) is 5.10 Å². The Labute approximate surface area is 113 Å². The number of carbonyl (C=O) groups is 1. The van der Waals surface area contributed by atoms with Gasteiger partial charge in [-0.15, -0.1) is 0 Å². The van der Waals surface area contributed by atoms with Gasteiger partial charge in [0.1, 0.15) is 5.69 Å². The summed E-state index contributed by atoms with van der Waals surface area (Å²) in [5, 5.41) is 4.46. The average Bonchev–Trinajstić information content (AvgIpc) is 3.12. The molecule has 3 heterocycles. The van der Waals surface area contributed by atoms with E-state index in [2.05, 4.69) is 20.1 Å². The highest BCUT2D eigenvalue weighted by Crippen LogP contribution is 2.21. The third kappa shape index (κ3) is 1.51. The minimum atomic E-state index is 0.435. The van der Waals surface area contributed by atoms with Gasteiger partial charge in [0.05, 0.1) is 29.3 Å². The fraction of sp³-hybridized carbons (Fsp3) is 0. The molecular weight excluding hydrogens is 254 g/mol. The molecule has 0 aliphatic rings. The normalized spacial score (nSPS) is 11.2. The van der Waals surface area contributed by atoms with Crippen molar-refractivity contribution in [3.63, 3.8) is 0 Å². The molecular formula is C14H9N5O. The van der Waals surface area contributed by atoms with Gasteiger partial charge < -0.3 is 4.98 Å². The van der Waals surface area contributed by atoms with Gasteiger partial charge in [-0.3, -0.25) is 4.79 Å². The van der Waals surface area contributed by atoms with Crippen LogP contribution in [0.15, 0.2) is 42.9 Å². The first-order chi connectivity index (χ1) is 9.85. The summed E-state index contributed by atoms with van der Waals surface area (Å²) >= 11 is 0. The number of aromatic nitrogens is 5. The number of H-pyrrole nitrogens is 1. The van der Waals surface area contributed by atoms with E-state index in [1.165, 1.54) is 6.20 Å². The summed E-state index contributed by atoms with van der Waals surface area (Å²) in [5.41, 5.74) is 4.67. The minimum absolute atomic E-state index is 0.435. The van der Waals surface area contributed by atoms with Gasteiger partial charge in [0.15, 0.2) is 11.9 Å². The number of hydrogen-bond donors (Lipinski definition) is 1. The molecule has 1 N–H and O–H groups in total. The Balaban J connectivity index is 1.93. The van der Waals surface area contributed by atoms with Crippen molar-refractivity contribution in [1.82, 2.24) is 24.6 Å². The lowest BCUT2D eigenvalue weighted by Gasteiger charge is -2.02. The molecule has 0 saturated heterocycles. The number of aldehydes is 1. The molecule has 3 aromatic heterocycles. The summed E-state index contributed by atoms with van der Waals surface area (Å²) in [6, 6.07) is 9.59. The lowest BCUT2D eigenvalue weighted by molar-refractivity contribution is 0.111. The highest BCUT2D eigenvalue weighted by molar-refractivity contribution is 5.81. The average molecular weight is 263 g/mol. The molecule has 96 valence electrons. The smallest absolute Gasteiger partial charge is 0.170 e. The topological polar surface area (TPSA) is 75.9 Å². The SMILES string of the molecule is O=Cc1cnc2ccc(-c3ccc4nc[nH]c4c3)nn12. The van der Waals surface area contributed by atoms with Gasteiger partial charge in [0.25, 0.3) is 0 Å². The molecule has 0 spiro atoms. The number of imidazole rings is 2. The van der Waals surface area contributed by atoms with Crippen LogP contribution in [0, 0.1) is 0 Å². The number of aromatic amines is 1. The van der Waals surface area contributed by atoms with Crippen molar-refractivity contribution in [3.05, 3.63) is 48.5 Å². The number of benzene rings is 1. The molecule has 4 aromatic rings. The van der Waals surface area contributed by atoms with E-state index in [-0.39, 0.29) is 0 Å². The molecule has 0 fully saturated rings. The van der Waals surface area contributed by atoms with E-state index in [9.17, 15) is 4.79 Å². The highest BCUT2D eigenvalue weighted by atomic mass is 16.1. The first kappa shape index (κ1) is 10.9. The van der Waals surface area contributed by atoms with E-state index in [0.29, 0.717) is 11.3 Å². The second-order valence-electron chi connectivity index (χ2n) is 4.42. The molecule has 0 radical (unpaired) electrons. The quantitative estimate of drug-likeness (QED) is 0.562. The van der Waals surface area contributed by atoms with Crippen LogP contribution in [0.2, 0.25) is 0 Å². The number of nitrogens with one attached hydrogen (secondary N) is 1. The molecule has 6 heteroatoms. The van der Waals surface area contributed by atoms with Crippen molar-refractivity contribution in [2.24, 2.45) is 0 Å². The maximum absolute atomic E-state index is 11.0. The fourth-order valence-corrected chi connectivity index (χ4v) is 2.22. The van der Waals surface area contributed by atoms with E-state index >= 15 is 0 Å². The first-order valence-electron chi connectivity index (χ1n) is 6.08. The van der Waals surface area contributed by atoms with Gasteiger partial charge in [-0.25, -0.2) is 14.5 Å². The van der Waals surface area contributed by atoms with Crippen LogP contribution in [0.3, 0.4) is 0 Å². The second kappa shape index (κ2) is 3.99. The van der Waals surface area contributed by atoms with Gasteiger partial charge in [-0.1, -0.05) is 6.07 Å². The Morgan fingerprint density at radius 1 is 1.15 bits per heavy atom. The summed E-state index contributed by atoms with van der Waals surface area (Å²) in [4.78, 5) is 22.3. The lowest BCUT2D eigenvalue weighted by Crippen LogP contribution is -1.98. The van der Waals surface area contributed by atoms with Gasteiger partial charge >= 0.3 is 0 Å². The Kier molecular flexibility index (Phi) is 2.17. The van der Waals surface area contributed by atoms with Crippen LogP contribution in [-0.2, 0) is 0 Å². The zero-order valence-electron chi connectivity index (χ0n) is 10.3. The van der Waals surface area contributed by atoms with Crippen LogP contribution in [0.5, 0.6) is 0 Å². The molecule has 0 unspecified atom stereocenters. The summed E-state index contributed by atoms with van der Waals surface area (Å²) in [6.07, 6.45) is 3.91. The van der Waals surface area contributed by atoms with Gasteiger partial charge in [-0.05, 0) is 24.3 Å². The molecule has 0 saturated carbocycles. The minimum Gasteiger partial charge on any atom is -0.345 e. The van der Waals surface area contributed by atoms with Crippen LogP contribution in [0.4, 0.5) is 0 Å². The summed E-state index contributed by atoms with van der Waals surface area (Å²) < 4.78 is 1.54. The number of carbonyl (C=O) groups excluding carboxylic acids is 1. The van der Waals surface area contributed by atoms with Crippen molar-refractivity contribution in [2.45, 2.75) is 0 Å². The Bertz CT molecular complexity index is 937. The monoisotopic (exact) mass is 263 g/mol. The maximum atomic E-state index is 11.0. The van der Waals surface area contributed by atoms with E-state index in [4.69, 9.17) is 0 Å². The van der Waals surface area contributed by atoms with Crippen molar-refractivity contribution in [2.75, 3.05) is 0 Å². The predicted molar refractivity (Wildman–Crippen MR) is 73.5 cm³/mol. The molecule has 0 aliphatic carbocycles. The molecule has 1 aromatic carbocycles. The Morgan fingerprint density at radius 2 is 2.10 bits per heavy atom. The van der Waals surface area contributed by atoms with Crippen LogP contribution in [-0.4, -0.2) is 30.9 Å². The van der Waals surface area contributed by atoms with Crippen LogP contribution < -0.4 is 0 Å². The number of nitrogens with zero attached hydrogens (tertiary/aromatic N) is 4. The number of fused-ring (bicyclic) bond motifs is 2. The molecule has 0 atom stereocenters. The zero-order valence-corrected chi connectivity index (χ0v) is 10.3. The number of hydrogen-bond acceptors (Lipinski definition) is 4. The van der Waals surface area contributed by atoms with E-state index < -0.39 is 0 Å². The van der Waals surface area contributed by atoms with E-state index in [1.807, 2.05) is 30.3 Å². The van der Waals surface area contributed by atoms with Crippen molar-refractivity contribution in [3.8, 4) is 11.3 Å². The number of rotatable bonds is 2. The third-order valence-electron chi connectivity index (χ3n) is 3.23. The van der Waals surface area contributed by atoms with Crippen LogP contribution in [0.1, 0.15) is 10.5 Å². The van der Waals surface area contributed by atoms with Crippen LogP contribution in [0.25, 0.3) is 27.9 Å². The Morgan fingerprint density at radius 3 is 3.00 bits per heavy atom. The fourth-order valence-electron chi connectivity index (χ4n) is 2.22. The molecule has 0 amide bonds. The molecule has 20 heavy (non-hydrogen) atoms. The highest BCUT2D eigenvalue weighted by Gasteiger charge is 2.07. The van der Waals surface area contributed by atoms with E-state index in [1.54, 1.807) is 10.8 Å². The van der Waals surface area contributed by atoms with Crippen molar-refractivity contribution in [1.29, 1.82) is 0 Å². The standard InChI is InChI=1S/C14H9N5O/c20-7-10-6-15-14-4-3-11(18-19(10)14)9-1-2-12-13(5-9)17-8-16-12/h1-8H,(H,16,17). The second-order valence-corrected chi connectivity index (χ2v) is 4.42. The van der Waals surface area contributed by atoms with Crippen molar-refractivity contribution < 1.29 is 4.79 Å². The zero-order chi connectivity index (χ0) is 13.5. The maximum Gasteiger partial charge on any atom is 0.170 e. The largest absolute Gasteiger partial charge is 0.345 e. The summed E-state index contributed by atoms with van der Waals surface area (Å²) in [7, 11) is 0. The molecule has 6 nitrogen and oxygen atoms in total. The van der Waals surface area contributed by atoms with Crippen molar-refractivity contribution >= 4 is 23.0 Å².